The molecule has 0 radical (unpaired) electrons. The second-order valence-electron chi connectivity index (χ2n) is 7.18. The molecule has 2 aromatic carbocycles. The number of rotatable bonds is 8. The molecule has 3 aromatic rings. The minimum atomic E-state index is -0.501. The number of amides is 1. The van der Waals surface area contributed by atoms with Crippen LogP contribution < -0.4 is 9.64 Å². The van der Waals surface area contributed by atoms with Crippen molar-refractivity contribution in [2.75, 3.05) is 39.2 Å². The number of aryl methyl sites for hydroxylation is 1. The van der Waals surface area contributed by atoms with Crippen molar-refractivity contribution in [3.05, 3.63) is 57.6 Å². The minimum Gasteiger partial charge on any atom is -0.494 e. The Hall–Kier alpha value is -3.04. The first-order chi connectivity index (χ1) is 14.3. The smallest absolute Gasteiger partial charge is 0.270 e. The van der Waals surface area contributed by atoms with Gasteiger partial charge in [0.05, 0.1) is 16.7 Å². The van der Waals surface area contributed by atoms with Gasteiger partial charge in [-0.05, 0) is 51.7 Å². The van der Waals surface area contributed by atoms with E-state index in [0.29, 0.717) is 22.9 Å². The first-order valence-corrected chi connectivity index (χ1v) is 10.3. The normalized spacial score (nSPS) is 11.1. The maximum absolute atomic E-state index is 13.3. The van der Waals surface area contributed by atoms with Crippen molar-refractivity contribution in [1.29, 1.82) is 0 Å². The Morgan fingerprint density at radius 3 is 2.67 bits per heavy atom. The van der Waals surface area contributed by atoms with E-state index in [1.54, 1.807) is 18.1 Å². The molecule has 0 bridgehead atoms. The summed E-state index contributed by atoms with van der Waals surface area (Å²) in [6, 6.07) is 9.61. The zero-order valence-electron chi connectivity index (χ0n) is 17.4. The molecular weight excluding hydrogens is 404 g/mol. The van der Waals surface area contributed by atoms with E-state index in [1.807, 2.05) is 38.1 Å². The van der Waals surface area contributed by atoms with Crippen LogP contribution in [0, 0.1) is 17.0 Å². The molecule has 0 saturated carbocycles. The number of ether oxygens (including phenoxy) is 1. The lowest BCUT2D eigenvalue weighted by Gasteiger charge is -2.21. The third kappa shape index (κ3) is 4.58. The van der Waals surface area contributed by atoms with E-state index < -0.39 is 4.92 Å². The largest absolute Gasteiger partial charge is 0.494 e. The number of nitrogens with zero attached hydrogens (tertiary/aromatic N) is 4. The number of methoxy groups -OCH3 is 1. The van der Waals surface area contributed by atoms with Crippen LogP contribution in [0.3, 0.4) is 0 Å². The first-order valence-electron chi connectivity index (χ1n) is 9.47. The van der Waals surface area contributed by atoms with Crippen molar-refractivity contribution in [3.63, 3.8) is 0 Å². The van der Waals surface area contributed by atoms with Crippen LogP contribution in [-0.4, -0.2) is 55.0 Å². The standard InChI is InChI=1S/C21H24N4O4S/c1-14-9-10-17(29-4)18-19(14)30-21(22-18)24(12-6-11-23(2)3)20(26)15-7-5-8-16(13-15)25(27)28/h5,7-10,13H,6,11-12H2,1-4H3. The van der Waals surface area contributed by atoms with Gasteiger partial charge in [-0.1, -0.05) is 23.5 Å². The maximum Gasteiger partial charge on any atom is 0.270 e. The van der Waals surface area contributed by atoms with Crippen LogP contribution in [0.25, 0.3) is 10.2 Å². The molecule has 0 aliphatic heterocycles. The van der Waals surface area contributed by atoms with Crippen LogP contribution in [0.15, 0.2) is 36.4 Å². The summed E-state index contributed by atoms with van der Waals surface area (Å²) in [5, 5.41) is 11.7. The molecule has 0 unspecified atom stereocenters. The average molecular weight is 429 g/mol. The third-order valence-electron chi connectivity index (χ3n) is 4.68. The molecule has 1 aromatic heterocycles. The SMILES string of the molecule is COc1ccc(C)c2sc(N(CCCN(C)C)C(=O)c3cccc([N+](=O)[O-])c3)nc12. The highest BCUT2D eigenvalue weighted by Gasteiger charge is 2.24. The Labute approximate surface area is 178 Å². The van der Waals surface area contributed by atoms with Gasteiger partial charge in [-0.3, -0.25) is 19.8 Å². The lowest BCUT2D eigenvalue weighted by Crippen LogP contribution is -2.33. The number of non-ortho nitro benzene ring substituents is 1. The molecule has 0 saturated heterocycles. The summed E-state index contributed by atoms with van der Waals surface area (Å²) in [6.07, 6.45) is 0.736. The highest BCUT2D eigenvalue weighted by molar-refractivity contribution is 7.22. The number of carbonyl (C=O) groups is 1. The van der Waals surface area contributed by atoms with E-state index in [9.17, 15) is 14.9 Å². The molecule has 0 spiro atoms. The number of hydrogen-bond donors (Lipinski definition) is 0. The number of benzene rings is 2. The molecule has 0 fully saturated rings. The number of hydrogen-bond acceptors (Lipinski definition) is 7. The van der Waals surface area contributed by atoms with Crippen LogP contribution in [0.5, 0.6) is 5.75 Å². The molecule has 9 heteroatoms. The number of fused-ring (bicyclic) bond motifs is 1. The van der Waals surface area contributed by atoms with Crippen molar-refractivity contribution < 1.29 is 14.5 Å². The molecule has 0 N–H and O–H groups in total. The van der Waals surface area contributed by atoms with Crippen molar-refractivity contribution >= 4 is 38.3 Å². The number of carbonyl (C=O) groups excluding carboxylic acids is 1. The summed E-state index contributed by atoms with van der Waals surface area (Å²) in [5.74, 6) is 0.335. The second-order valence-corrected chi connectivity index (χ2v) is 8.16. The molecule has 8 nitrogen and oxygen atoms in total. The van der Waals surface area contributed by atoms with Gasteiger partial charge in [0.25, 0.3) is 11.6 Å². The van der Waals surface area contributed by atoms with Gasteiger partial charge in [-0.15, -0.1) is 0 Å². The minimum absolute atomic E-state index is 0.115. The van der Waals surface area contributed by atoms with Crippen LogP contribution in [-0.2, 0) is 0 Å². The van der Waals surface area contributed by atoms with Gasteiger partial charge in [0.15, 0.2) is 5.13 Å². The molecule has 158 valence electrons. The highest BCUT2D eigenvalue weighted by Crippen LogP contribution is 2.37. The van der Waals surface area contributed by atoms with Gasteiger partial charge in [0.1, 0.15) is 11.3 Å². The van der Waals surface area contributed by atoms with Gasteiger partial charge in [-0.25, -0.2) is 4.98 Å². The van der Waals surface area contributed by atoms with Gasteiger partial charge < -0.3 is 9.64 Å². The van der Waals surface area contributed by atoms with E-state index in [1.165, 1.54) is 29.5 Å². The van der Waals surface area contributed by atoms with Crippen molar-refractivity contribution in [1.82, 2.24) is 9.88 Å². The van der Waals surface area contributed by atoms with Crippen molar-refractivity contribution in [3.8, 4) is 5.75 Å². The monoisotopic (exact) mass is 428 g/mol. The molecule has 0 atom stereocenters. The van der Waals surface area contributed by atoms with Gasteiger partial charge >= 0.3 is 0 Å². The topological polar surface area (TPSA) is 88.8 Å². The number of anilines is 1. The highest BCUT2D eigenvalue weighted by atomic mass is 32.1. The Morgan fingerprint density at radius 1 is 1.23 bits per heavy atom. The number of nitro benzene ring substituents is 1. The van der Waals surface area contributed by atoms with E-state index in [4.69, 9.17) is 9.72 Å². The number of thiazole rings is 1. The first kappa shape index (κ1) is 21.7. The molecular formula is C21H24N4O4S. The lowest BCUT2D eigenvalue weighted by molar-refractivity contribution is -0.384. The summed E-state index contributed by atoms with van der Waals surface area (Å²) in [7, 11) is 5.53. The molecule has 1 heterocycles. The van der Waals surface area contributed by atoms with Crippen molar-refractivity contribution in [2.45, 2.75) is 13.3 Å². The maximum atomic E-state index is 13.3. The van der Waals surface area contributed by atoms with Gasteiger partial charge in [-0.2, -0.15) is 0 Å². The summed E-state index contributed by atoms with van der Waals surface area (Å²) < 4.78 is 6.39. The number of nitro groups is 1. The van der Waals surface area contributed by atoms with Crippen LogP contribution in [0.4, 0.5) is 10.8 Å². The quantitative estimate of drug-likeness (QED) is 0.396. The van der Waals surface area contributed by atoms with Crippen molar-refractivity contribution in [2.24, 2.45) is 0 Å². The summed E-state index contributed by atoms with van der Waals surface area (Å²) in [4.78, 5) is 32.3. The summed E-state index contributed by atoms with van der Waals surface area (Å²) >= 11 is 1.42. The lowest BCUT2D eigenvalue weighted by atomic mass is 10.1. The summed E-state index contributed by atoms with van der Waals surface area (Å²) in [5.41, 5.74) is 1.90. The number of aromatic nitrogens is 1. The van der Waals surface area contributed by atoms with E-state index in [0.717, 1.165) is 23.2 Å². The third-order valence-corrected chi connectivity index (χ3v) is 5.89. The predicted molar refractivity (Wildman–Crippen MR) is 119 cm³/mol. The zero-order valence-corrected chi connectivity index (χ0v) is 18.2. The zero-order chi connectivity index (χ0) is 21.8. The van der Waals surface area contributed by atoms with Crippen LogP contribution in [0.1, 0.15) is 22.3 Å². The van der Waals surface area contributed by atoms with E-state index >= 15 is 0 Å². The molecule has 30 heavy (non-hydrogen) atoms. The van der Waals surface area contributed by atoms with E-state index in [-0.39, 0.29) is 17.2 Å². The van der Waals surface area contributed by atoms with E-state index in [2.05, 4.69) is 0 Å². The fraction of sp³-hybridized carbons (Fsp3) is 0.333. The summed E-state index contributed by atoms with van der Waals surface area (Å²) in [6.45, 7) is 3.23. The fourth-order valence-electron chi connectivity index (χ4n) is 3.12. The molecule has 0 aliphatic carbocycles. The Balaban J connectivity index is 2.03. The molecule has 3 rings (SSSR count). The van der Waals surface area contributed by atoms with Crippen LogP contribution in [0.2, 0.25) is 0 Å². The second kappa shape index (κ2) is 9.19. The molecule has 1 amide bonds. The Kier molecular flexibility index (Phi) is 6.63. The van der Waals surface area contributed by atoms with Crippen LogP contribution >= 0.6 is 11.3 Å². The average Bonchev–Trinajstić information content (AvgIpc) is 3.17. The van der Waals surface area contributed by atoms with Gasteiger partial charge in [0.2, 0.25) is 0 Å². The predicted octanol–water partition coefficient (Wildman–Crippen LogP) is 4.12. The Bertz CT molecular complexity index is 1080. The Morgan fingerprint density at radius 2 is 2.00 bits per heavy atom. The van der Waals surface area contributed by atoms with Gasteiger partial charge in [0, 0.05) is 24.2 Å². The molecule has 0 aliphatic rings. The fourth-order valence-corrected chi connectivity index (χ4v) is 4.19.